The van der Waals surface area contributed by atoms with Crippen LogP contribution >= 0.6 is 11.6 Å². The number of nitro groups is 1. The number of benzene rings is 2. The molecule has 0 fully saturated rings. The number of aliphatic imine (C=N–C) groups is 1. The van der Waals surface area contributed by atoms with Crippen LogP contribution in [-0.2, 0) is 4.79 Å². The van der Waals surface area contributed by atoms with Crippen LogP contribution in [0.3, 0.4) is 0 Å². The summed E-state index contributed by atoms with van der Waals surface area (Å²) in [5, 5.41) is 14.0. The van der Waals surface area contributed by atoms with Crippen LogP contribution in [0.5, 0.6) is 5.75 Å². The molecule has 0 radical (unpaired) electrons. The van der Waals surface area contributed by atoms with Gasteiger partial charge >= 0.3 is 0 Å². The maximum absolute atomic E-state index is 11.7. The van der Waals surface area contributed by atoms with Gasteiger partial charge < -0.3 is 10.1 Å². The van der Waals surface area contributed by atoms with E-state index in [0.717, 1.165) is 0 Å². The number of anilines is 1. The van der Waals surface area contributed by atoms with E-state index in [4.69, 9.17) is 16.3 Å². The second-order valence-corrected chi connectivity index (χ2v) is 5.10. The minimum absolute atomic E-state index is 0.0927. The van der Waals surface area contributed by atoms with Crippen molar-refractivity contribution >= 4 is 34.8 Å². The molecule has 0 aliphatic carbocycles. The third kappa shape index (κ3) is 3.14. The summed E-state index contributed by atoms with van der Waals surface area (Å²) in [6.45, 7) is -0.151. The molecule has 2 aromatic carbocycles. The Morgan fingerprint density at radius 1 is 1.26 bits per heavy atom. The van der Waals surface area contributed by atoms with Crippen LogP contribution in [-0.4, -0.2) is 23.3 Å². The third-order valence-electron chi connectivity index (χ3n) is 3.13. The van der Waals surface area contributed by atoms with Crippen LogP contribution in [0, 0.1) is 10.1 Å². The predicted octanol–water partition coefficient (Wildman–Crippen LogP) is 3.03. The number of rotatable bonds is 2. The molecule has 0 bridgehead atoms. The monoisotopic (exact) mass is 331 g/mol. The highest BCUT2D eigenvalue weighted by atomic mass is 35.5. The molecule has 7 nitrogen and oxygen atoms in total. The summed E-state index contributed by atoms with van der Waals surface area (Å²) >= 11 is 6.05. The zero-order valence-corrected chi connectivity index (χ0v) is 12.4. The Morgan fingerprint density at radius 3 is 2.78 bits per heavy atom. The molecule has 0 unspecified atom stereocenters. The molecular formula is C15H10ClN3O4. The van der Waals surface area contributed by atoms with Crippen molar-refractivity contribution in [1.82, 2.24) is 0 Å². The molecule has 0 saturated heterocycles. The van der Waals surface area contributed by atoms with Crippen molar-refractivity contribution in [3.63, 3.8) is 0 Å². The van der Waals surface area contributed by atoms with E-state index in [1.165, 1.54) is 18.2 Å². The van der Waals surface area contributed by atoms with Gasteiger partial charge in [-0.1, -0.05) is 23.7 Å². The largest absolute Gasteiger partial charge is 0.437 e. The van der Waals surface area contributed by atoms with Gasteiger partial charge in [-0.25, -0.2) is 4.99 Å². The number of benzodiazepines with no additional fused rings is 1. The number of para-hydroxylation sites is 1. The molecule has 0 atom stereocenters. The number of amides is 1. The second kappa shape index (κ2) is 6.05. The molecule has 1 heterocycles. The van der Waals surface area contributed by atoms with Crippen LogP contribution in [0.1, 0.15) is 5.56 Å². The number of non-ortho nitro benzene ring substituents is 1. The number of carbonyl (C=O) groups excluding carboxylic acids is 1. The van der Waals surface area contributed by atoms with Gasteiger partial charge in [0.25, 0.3) is 5.69 Å². The quantitative estimate of drug-likeness (QED) is 0.676. The molecular weight excluding hydrogens is 322 g/mol. The summed E-state index contributed by atoms with van der Waals surface area (Å²) in [7, 11) is 0. The van der Waals surface area contributed by atoms with Gasteiger partial charge in [0.05, 0.1) is 21.2 Å². The highest BCUT2D eigenvalue weighted by molar-refractivity contribution is 6.32. The van der Waals surface area contributed by atoms with Crippen molar-refractivity contribution in [3.8, 4) is 5.75 Å². The summed E-state index contributed by atoms with van der Waals surface area (Å²) in [5.41, 5.74) is 0.587. The lowest BCUT2D eigenvalue weighted by Gasteiger charge is -2.11. The SMILES string of the molecule is O=C1CN=C(Oc2ccccc2Cl)c2cc([N+](=O)[O-])ccc2N1. The first-order valence-corrected chi connectivity index (χ1v) is 6.98. The molecule has 1 N–H and O–H groups in total. The smallest absolute Gasteiger partial charge is 0.270 e. The highest BCUT2D eigenvalue weighted by Crippen LogP contribution is 2.28. The first-order valence-electron chi connectivity index (χ1n) is 6.60. The maximum Gasteiger partial charge on any atom is 0.270 e. The molecule has 3 rings (SSSR count). The first kappa shape index (κ1) is 15.0. The zero-order chi connectivity index (χ0) is 16.4. The Hall–Kier alpha value is -2.93. The summed E-state index contributed by atoms with van der Waals surface area (Å²) in [6, 6.07) is 10.8. The number of hydrogen-bond donors (Lipinski definition) is 1. The Bertz CT molecular complexity index is 835. The zero-order valence-electron chi connectivity index (χ0n) is 11.7. The lowest BCUT2D eigenvalue weighted by molar-refractivity contribution is -0.384. The molecule has 116 valence electrons. The van der Waals surface area contributed by atoms with Crippen molar-refractivity contribution in [2.45, 2.75) is 0 Å². The van der Waals surface area contributed by atoms with Crippen molar-refractivity contribution < 1.29 is 14.5 Å². The Kier molecular flexibility index (Phi) is 3.94. The Balaban J connectivity index is 2.06. The average molecular weight is 332 g/mol. The predicted molar refractivity (Wildman–Crippen MR) is 85.2 cm³/mol. The summed E-state index contributed by atoms with van der Waals surface area (Å²) in [6.07, 6.45) is 0. The number of nitrogens with zero attached hydrogens (tertiary/aromatic N) is 2. The van der Waals surface area contributed by atoms with Gasteiger partial charge in [-0.2, -0.15) is 0 Å². The Labute approximate surface area is 135 Å². The highest BCUT2D eigenvalue weighted by Gasteiger charge is 2.22. The van der Waals surface area contributed by atoms with Crippen molar-refractivity contribution in [1.29, 1.82) is 0 Å². The molecule has 1 aliphatic rings. The second-order valence-electron chi connectivity index (χ2n) is 4.69. The fourth-order valence-corrected chi connectivity index (χ4v) is 2.24. The van der Waals surface area contributed by atoms with E-state index >= 15 is 0 Å². The molecule has 0 aromatic heterocycles. The molecule has 8 heteroatoms. The van der Waals surface area contributed by atoms with Gasteiger partial charge in [-0.05, 0) is 18.2 Å². The Morgan fingerprint density at radius 2 is 2.04 bits per heavy atom. The number of carbonyl (C=O) groups is 1. The molecule has 0 spiro atoms. The van der Waals surface area contributed by atoms with Crippen LogP contribution < -0.4 is 10.1 Å². The van der Waals surface area contributed by atoms with Crippen molar-refractivity contribution in [2.24, 2.45) is 4.99 Å². The fraction of sp³-hybridized carbons (Fsp3) is 0.0667. The molecule has 0 saturated carbocycles. The minimum Gasteiger partial charge on any atom is -0.437 e. The molecule has 1 aliphatic heterocycles. The van der Waals surface area contributed by atoms with Crippen molar-refractivity contribution in [2.75, 3.05) is 11.9 Å². The molecule has 2 aromatic rings. The normalized spacial score (nSPS) is 13.4. The van der Waals surface area contributed by atoms with E-state index in [0.29, 0.717) is 22.0 Å². The third-order valence-corrected chi connectivity index (χ3v) is 3.44. The fourth-order valence-electron chi connectivity index (χ4n) is 2.07. The van der Waals surface area contributed by atoms with E-state index in [1.807, 2.05) is 0 Å². The number of fused-ring (bicyclic) bond motifs is 1. The van der Waals surface area contributed by atoms with Crippen LogP contribution in [0.25, 0.3) is 0 Å². The maximum atomic E-state index is 11.7. The van der Waals surface area contributed by atoms with Crippen LogP contribution in [0.15, 0.2) is 47.5 Å². The number of halogens is 1. The topological polar surface area (TPSA) is 93.8 Å². The van der Waals surface area contributed by atoms with Crippen LogP contribution in [0.2, 0.25) is 5.02 Å². The van der Waals surface area contributed by atoms with Crippen LogP contribution in [0.4, 0.5) is 11.4 Å². The lowest BCUT2D eigenvalue weighted by atomic mass is 10.1. The van der Waals surface area contributed by atoms with E-state index in [1.54, 1.807) is 24.3 Å². The average Bonchev–Trinajstić information content (AvgIpc) is 2.68. The van der Waals surface area contributed by atoms with Gasteiger partial charge in [0, 0.05) is 12.1 Å². The van der Waals surface area contributed by atoms with Gasteiger partial charge in [0.15, 0.2) is 0 Å². The number of nitro benzene ring substituents is 1. The van der Waals surface area contributed by atoms with Gasteiger partial charge in [-0.3, -0.25) is 14.9 Å². The van der Waals surface area contributed by atoms with E-state index in [2.05, 4.69) is 10.3 Å². The lowest BCUT2D eigenvalue weighted by Crippen LogP contribution is -2.13. The van der Waals surface area contributed by atoms with Gasteiger partial charge in [-0.15, -0.1) is 0 Å². The van der Waals surface area contributed by atoms with E-state index in [-0.39, 0.29) is 24.0 Å². The number of hydrogen-bond acceptors (Lipinski definition) is 5. The van der Waals surface area contributed by atoms with Gasteiger partial charge in [0.2, 0.25) is 11.8 Å². The summed E-state index contributed by atoms with van der Waals surface area (Å²) < 4.78 is 5.68. The van der Waals surface area contributed by atoms with E-state index < -0.39 is 4.92 Å². The van der Waals surface area contributed by atoms with Crippen molar-refractivity contribution in [3.05, 3.63) is 63.2 Å². The van der Waals surface area contributed by atoms with Gasteiger partial charge in [0.1, 0.15) is 12.3 Å². The summed E-state index contributed by atoms with van der Waals surface area (Å²) in [4.78, 5) is 26.2. The first-order chi connectivity index (χ1) is 11.0. The van der Waals surface area contributed by atoms with E-state index in [9.17, 15) is 14.9 Å². The number of nitrogens with one attached hydrogen (secondary N) is 1. The molecule has 23 heavy (non-hydrogen) atoms. The number of ether oxygens (including phenoxy) is 1. The minimum atomic E-state index is -0.528. The standard InChI is InChI=1S/C15H10ClN3O4/c16-11-3-1-2-4-13(11)23-15-10-7-9(19(21)22)5-6-12(10)18-14(20)8-17-15/h1-7H,8H2,(H,18,20). The molecule has 1 amide bonds. The summed E-state index contributed by atoms with van der Waals surface area (Å²) in [5.74, 6) is 0.104.